The van der Waals surface area contributed by atoms with E-state index in [1.807, 2.05) is 48.5 Å². The van der Waals surface area contributed by atoms with Crippen LogP contribution in [-0.2, 0) is 19.1 Å². The minimum atomic E-state index is -1.78. The number of nitrogens with two attached hydrogens (primary N) is 2. The highest BCUT2D eigenvalue weighted by Crippen LogP contribution is 2.33. The van der Waals surface area contributed by atoms with E-state index < -0.39 is 29.7 Å². The van der Waals surface area contributed by atoms with Crippen molar-refractivity contribution in [3.05, 3.63) is 95.6 Å². The van der Waals surface area contributed by atoms with Gasteiger partial charge >= 0.3 is 0 Å². The minimum Gasteiger partial charge on any atom is -0.493 e. The van der Waals surface area contributed by atoms with Gasteiger partial charge in [0.25, 0.3) is 0 Å². The van der Waals surface area contributed by atoms with Gasteiger partial charge in [-0.15, -0.1) is 0 Å². The average molecular weight is 811 g/mol. The van der Waals surface area contributed by atoms with Gasteiger partial charge in [-0.3, -0.25) is 9.59 Å². The second-order valence-electron chi connectivity index (χ2n) is 16.3. The molecule has 0 amide bonds. The smallest absolute Gasteiger partial charge is 0.184 e. The summed E-state index contributed by atoms with van der Waals surface area (Å²) in [4.78, 5) is 26.8. The molecule has 3 aromatic carbocycles. The third-order valence-electron chi connectivity index (χ3n) is 11.6. The van der Waals surface area contributed by atoms with Crippen molar-refractivity contribution in [3.63, 3.8) is 0 Å². The molecule has 2 unspecified atom stereocenters. The average Bonchev–Trinajstić information content (AvgIpc) is 3.25. The van der Waals surface area contributed by atoms with Gasteiger partial charge in [0.15, 0.2) is 11.6 Å². The number of unbranched alkanes of at least 4 members (excludes halogenated alkanes) is 2. The topological polar surface area (TPSA) is 164 Å². The molecule has 2 fully saturated rings. The molecule has 3 aromatic rings. The van der Waals surface area contributed by atoms with Crippen molar-refractivity contribution in [2.45, 2.75) is 121 Å². The number of carbonyl (C=O) groups excluding carboxylic acids is 2. The predicted molar refractivity (Wildman–Crippen MR) is 235 cm³/mol. The highest BCUT2D eigenvalue weighted by molar-refractivity contribution is 6.01. The maximum atomic E-state index is 13.4. The Labute approximate surface area is 351 Å². The first-order chi connectivity index (χ1) is 28.6. The van der Waals surface area contributed by atoms with Gasteiger partial charge in [-0.2, -0.15) is 0 Å². The molecule has 10 nitrogen and oxygen atoms in total. The van der Waals surface area contributed by atoms with Crippen molar-refractivity contribution < 1.29 is 38.7 Å². The van der Waals surface area contributed by atoms with Crippen LogP contribution in [0, 0.1) is 11.8 Å². The van der Waals surface area contributed by atoms with Crippen LogP contribution in [0.4, 0.5) is 11.4 Å². The molecule has 2 saturated carbocycles. The molecule has 0 aliphatic heterocycles. The number of carbonyl (C=O) groups is 2. The Bertz CT molecular complexity index is 1670. The number of ketones is 2. The van der Waals surface area contributed by atoms with Crippen LogP contribution in [0.5, 0.6) is 11.5 Å². The molecular weight excluding hydrogens is 745 g/mol. The first kappa shape index (κ1) is 45.6. The van der Waals surface area contributed by atoms with Gasteiger partial charge in [0.2, 0.25) is 0 Å². The van der Waals surface area contributed by atoms with Crippen LogP contribution < -0.4 is 20.9 Å². The number of hydrogen-bond donors (Lipinski definition) is 4. The highest BCUT2D eigenvalue weighted by atomic mass is 16.5. The molecule has 2 aliphatic rings. The number of rotatable bonds is 23. The second-order valence-corrected chi connectivity index (χ2v) is 16.3. The third-order valence-corrected chi connectivity index (χ3v) is 11.6. The summed E-state index contributed by atoms with van der Waals surface area (Å²) in [6, 6.07) is 19.3. The Kier molecular flexibility index (Phi) is 18.5. The van der Waals surface area contributed by atoms with Gasteiger partial charge in [0.05, 0.1) is 31.3 Å². The zero-order valence-electron chi connectivity index (χ0n) is 35.0. The predicted octanol–water partition coefficient (Wildman–Crippen LogP) is 8.73. The molecule has 0 saturated heterocycles. The summed E-state index contributed by atoms with van der Waals surface area (Å²) < 4.78 is 24.1. The fourth-order valence-electron chi connectivity index (χ4n) is 7.82. The number of anilines is 2. The first-order valence-corrected chi connectivity index (χ1v) is 21.8. The van der Waals surface area contributed by atoms with Crippen LogP contribution >= 0.6 is 0 Å². The standard InChI is InChI=1S/C49H66N2O8/c1-3-5-29-56-39-22-11-36(12-23-39)32-58-41-18-7-34(8-19-41)15-27-45(52)48(54)47(43-26-17-38(50)31-44(43)51)49(55)46(53)28-16-35-9-20-42(21-10-35)59-33-37-13-24-40(25-14-37)57-30-6-4-2/h7-10,15-21,26-28,31,36-37,39-40,47-49,54-55H,3-6,11-14,22-25,29-30,32-33,50-51H2,1-2H3/b27-15+,28-16+. The number of hydrogen-bond acceptors (Lipinski definition) is 10. The van der Waals surface area contributed by atoms with Crippen LogP contribution in [0.3, 0.4) is 0 Å². The molecule has 2 aliphatic carbocycles. The maximum absolute atomic E-state index is 13.4. The summed E-state index contributed by atoms with van der Waals surface area (Å²) in [5.74, 6) is -0.274. The van der Waals surface area contributed by atoms with Gasteiger partial charge in [0.1, 0.15) is 23.7 Å². The van der Waals surface area contributed by atoms with Crippen LogP contribution in [0.1, 0.15) is 114 Å². The van der Waals surface area contributed by atoms with E-state index >= 15 is 0 Å². The fourth-order valence-corrected chi connectivity index (χ4v) is 7.82. The van der Waals surface area contributed by atoms with Crippen molar-refractivity contribution in [2.24, 2.45) is 11.8 Å². The van der Waals surface area contributed by atoms with E-state index in [4.69, 9.17) is 30.4 Å². The van der Waals surface area contributed by atoms with Crippen LogP contribution in [0.15, 0.2) is 78.9 Å². The highest BCUT2D eigenvalue weighted by Gasteiger charge is 2.36. The number of nitrogen functional groups attached to an aromatic ring is 2. The number of aliphatic hydroxyl groups excluding tert-OH is 2. The van der Waals surface area contributed by atoms with Gasteiger partial charge in [-0.05, 0) is 141 Å². The zero-order valence-corrected chi connectivity index (χ0v) is 35.0. The number of aliphatic hydroxyl groups is 2. The Balaban J connectivity index is 1.13. The van der Waals surface area contributed by atoms with Crippen molar-refractivity contribution in [1.82, 2.24) is 0 Å². The molecule has 10 heteroatoms. The SMILES string of the molecule is CCCCOC1CCC(COc2ccc(/C=C/C(=O)C(O)C(c3ccc(N)cc3N)C(O)C(=O)/C=C/c3ccc(OCC4CCC(OCCCC)CC4)cc3)cc2)CC1. The maximum Gasteiger partial charge on any atom is 0.184 e. The summed E-state index contributed by atoms with van der Waals surface area (Å²) in [7, 11) is 0. The first-order valence-electron chi connectivity index (χ1n) is 21.8. The van der Waals surface area contributed by atoms with E-state index in [9.17, 15) is 19.8 Å². The second kappa shape index (κ2) is 23.9. The lowest BCUT2D eigenvalue weighted by atomic mass is 9.83. The fraction of sp³-hybridized carbons (Fsp3) is 0.510. The summed E-state index contributed by atoms with van der Waals surface area (Å²) in [5, 5.41) is 22.8. The molecule has 320 valence electrons. The third kappa shape index (κ3) is 14.6. The summed E-state index contributed by atoms with van der Waals surface area (Å²) in [6.45, 7) is 7.32. The van der Waals surface area contributed by atoms with E-state index in [0.29, 0.717) is 42.9 Å². The van der Waals surface area contributed by atoms with Crippen molar-refractivity contribution in [1.29, 1.82) is 0 Å². The van der Waals surface area contributed by atoms with E-state index in [2.05, 4.69) is 13.8 Å². The Morgan fingerprint density at radius 3 is 1.46 bits per heavy atom. The van der Waals surface area contributed by atoms with Crippen LogP contribution in [0.2, 0.25) is 0 Å². The van der Waals surface area contributed by atoms with Crippen molar-refractivity contribution >= 4 is 35.1 Å². The van der Waals surface area contributed by atoms with Gasteiger partial charge < -0.3 is 40.6 Å². The molecule has 0 radical (unpaired) electrons. The van der Waals surface area contributed by atoms with Gasteiger partial charge in [-0.25, -0.2) is 0 Å². The lowest BCUT2D eigenvalue weighted by Gasteiger charge is -2.28. The Hall–Kier alpha value is -4.48. The molecule has 0 heterocycles. The largest absolute Gasteiger partial charge is 0.493 e. The van der Waals surface area contributed by atoms with E-state index in [1.165, 1.54) is 24.3 Å². The lowest BCUT2D eigenvalue weighted by Crippen LogP contribution is -2.39. The molecule has 59 heavy (non-hydrogen) atoms. The molecule has 0 bridgehead atoms. The zero-order chi connectivity index (χ0) is 42.0. The minimum absolute atomic E-state index is 0.148. The molecular formula is C49H66N2O8. The normalized spacial score (nSPS) is 21.3. The summed E-state index contributed by atoms with van der Waals surface area (Å²) >= 11 is 0. The van der Waals surface area contributed by atoms with E-state index in [0.717, 1.165) is 113 Å². The monoisotopic (exact) mass is 810 g/mol. The Morgan fingerprint density at radius 2 is 1.07 bits per heavy atom. The van der Waals surface area contributed by atoms with Crippen molar-refractivity contribution in [3.8, 4) is 11.5 Å². The lowest BCUT2D eigenvalue weighted by molar-refractivity contribution is -0.130. The molecule has 5 rings (SSSR count). The summed E-state index contributed by atoms with van der Waals surface area (Å²) in [5.41, 5.74) is 14.4. The van der Waals surface area contributed by atoms with Crippen LogP contribution in [0.25, 0.3) is 12.2 Å². The number of ether oxygens (including phenoxy) is 4. The molecule has 6 N–H and O–H groups in total. The Morgan fingerprint density at radius 1 is 0.644 bits per heavy atom. The van der Waals surface area contributed by atoms with Crippen molar-refractivity contribution in [2.75, 3.05) is 37.9 Å². The number of benzene rings is 3. The van der Waals surface area contributed by atoms with Crippen LogP contribution in [-0.4, -0.2) is 72.6 Å². The van der Waals surface area contributed by atoms with E-state index in [1.54, 1.807) is 18.2 Å². The molecule has 2 atom stereocenters. The quantitative estimate of drug-likeness (QED) is 0.0414. The molecule has 0 spiro atoms. The van der Waals surface area contributed by atoms with E-state index in [-0.39, 0.29) is 11.3 Å². The van der Waals surface area contributed by atoms with Gasteiger partial charge in [-0.1, -0.05) is 69.2 Å². The summed E-state index contributed by atoms with van der Waals surface area (Å²) in [6.07, 6.45) is 15.9. The van der Waals surface area contributed by atoms with Gasteiger partial charge in [0, 0.05) is 24.6 Å². The molecule has 0 aromatic heterocycles.